The van der Waals surface area contributed by atoms with Crippen molar-refractivity contribution in [3.8, 4) is 0 Å². The maximum absolute atomic E-state index is 4.01. The molecule has 0 fully saturated rings. The fourth-order valence-electron chi connectivity index (χ4n) is 1.36. The molecule has 1 aromatic carbocycles. The Kier molecular flexibility index (Phi) is 2.00. The van der Waals surface area contributed by atoms with Gasteiger partial charge < -0.3 is 4.90 Å². The number of fused-ring (bicyclic) bond motifs is 1. The predicted octanol–water partition coefficient (Wildman–Crippen LogP) is 2.39. The number of aromatic amines is 1. The Hall–Kier alpha value is -1.03. The average molecular weight is 240 g/mol. The highest BCUT2D eigenvalue weighted by atomic mass is 79.9. The summed E-state index contributed by atoms with van der Waals surface area (Å²) in [4.78, 5) is 2.06. The second kappa shape index (κ2) is 3.03. The van der Waals surface area contributed by atoms with Gasteiger partial charge in [-0.15, -0.1) is 0 Å². The molecule has 0 radical (unpaired) electrons. The van der Waals surface area contributed by atoms with Gasteiger partial charge in [-0.2, -0.15) is 5.10 Å². The van der Waals surface area contributed by atoms with Crippen LogP contribution in [0, 0.1) is 0 Å². The zero-order chi connectivity index (χ0) is 9.42. The zero-order valence-electron chi connectivity index (χ0n) is 7.50. The molecule has 13 heavy (non-hydrogen) atoms. The van der Waals surface area contributed by atoms with Crippen molar-refractivity contribution in [3.05, 3.63) is 22.8 Å². The number of anilines is 1. The van der Waals surface area contributed by atoms with E-state index in [0.717, 1.165) is 21.1 Å². The summed E-state index contributed by atoms with van der Waals surface area (Å²) in [5.41, 5.74) is 2.22. The first kappa shape index (κ1) is 8.56. The molecule has 68 valence electrons. The first-order valence-corrected chi connectivity index (χ1v) is 4.78. The van der Waals surface area contributed by atoms with E-state index in [2.05, 4.69) is 37.1 Å². The summed E-state index contributed by atoms with van der Waals surface area (Å²) < 4.78 is 1.07. The van der Waals surface area contributed by atoms with E-state index in [-0.39, 0.29) is 0 Å². The number of hydrogen-bond donors (Lipinski definition) is 1. The van der Waals surface area contributed by atoms with Gasteiger partial charge in [0.15, 0.2) is 0 Å². The number of rotatable bonds is 1. The predicted molar refractivity (Wildman–Crippen MR) is 58.1 cm³/mol. The van der Waals surface area contributed by atoms with Crippen LogP contribution in [0.4, 0.5) is 5.69 Å². The summed E-state index contributed by atoms with van der Waals surface area (Å²) in [6, 6.07) is 4.12. The zero-order valence-corrected chi connectivity index (χ0v) is 9.09. The fourth-order valence-corrected chi connectivity index (χ4v) is 1.82. The number of halogens is 1. The maximum Gasteiger partial charge on any atom is 0.0884 e. The third-order valence-electron chi connectivity index (χ3n) is 1.97. The maximum atomic E-state index is 4.01. The number of benzene rings is 1. The Morgan fingerprint density at radius 3 is 2.85 bits per heavy atom. The Morgan fingerprint density at radius 2 is 2.15 bits per heavy atom. The molecular formula is C9H10BrN3. The van der Waals surface area contributed by atoms with E-state index in [9.17, 15) is 0 Å². The molecule has 0 saturated carbocycles. The summed E-state index contributed by atoms with van der Waals surface area (Å²) in [6.07, 6.45) is 1.83. The second-order valence-electron chi connectivity index (χ2n) is 3.15. The van der Waals surface area contributed by atoms with Gasteiger partial charge in [0.2, 0.25) is 0 Å². The summed E-state index contributed by atoms with van der Waals surface area (Å²) in [5, 5.41) is 8.12. The van der Waals surface area contributed by atoms with E-state index in [0.29, 0.717) is 0 Å². The van der Waals surface area contributed by atoms with Gasteiger partial charge in [0.1, 0.15) is 0 Å². The standard InChI is InChI=1S/C9H10BrN3/c1-13(2)8-4-7(10)3-6-5-11-12-9(6)8/h3-5H,1-2H3,(H,11,12). The molecule has 0 aliphatic rings. The molecular weight excluding hydrogens is 230 g/mol. The Bertz CT molecular complexity index is 433. The van der Waals surface area contributed by atoms with Crippen molar-refractivity contribution in [1.29, 1.82) is 0 Å². The van der Waals surface area contributed by atoms with Crippen molar-refractivity contribution in [3.63, 3.8) is 0 Å². The SMILES string of the molecule is CN(C)c1cc(Br)cc2cn[nH]c12. The quantitative estimate of drug-likeness (QED) is 0.829. The smallest absolute Gasteiger partial charge is 0.0884 e. The largest absolute Gasteiger partial charge is 0.376 e. The van der Waals surface area contributed by atoms with E-state index < -0.39 is 0 Å². The molecule has 0 spiro atoms. The number of aromatic nitrogens is 2. The molecule has 0 atom stereocenters. The van der Waals surface area contributed by atoms with E-state index in [1.54, 1.807) is 0 Å². The lowest BCUT2D eigenvalue weighted by Crippen LogP contribution is -2.09. The van der Waals surface area contributed by atoms with Crippen molar-refractivity contribution in [1.82, 2.24) is 10.2 Å². The van der Waals surface area contributed by atoms with E-state index in [1.165, 1.54) is 0 Å². The third kappa shape index (κ3) is 1.42. The first-order chi connectivity index (χ1) is 6.18. The number of nitrogens with zero attached hydrogens (tertiary/aromatic N) is 2. The van der Waals surface area contributed by atoms with Crippen molar-refractivity contribution < 1.29 is 0 Å². The molecule has 4 heteroatoms. The van der Waals surface area contributed by atoms with Gasteiger partial charge in [-0.1, -0.05) is 15.9 Å². The molecule has 1 N–H and O–H groups in total. The number of H-pyrrole nitrogens is 1. The highest BCUT2D eigenvalue weighted by Crippen LogP contribution is 2.27. The Morgan fingerprint density at radius 1 is 1.38 bits per heavy atom. The van der Waals surface area contributed by atoms with Crippen LogP contribution in [0.5, 0.6) is 0 Å². The highest BCUT2D eigenvalue weighted by Gasteiger charge is 2.05. The van der Waals surface area contributed by atoms with Gasteiger partial charge >= 0.3 is 0 Å². The molecule has 0 amide bonds. The van der Waals surface area contributed by atoms with Crippen LogP contribution in [-0.4, -0.2) is 24.3 Å². The van der Waals surface area contributed by atoms with Crippen LogP contribution in [-0.2, 0) is 0 Å². The van der Waals surface area contributed by atoms with E-state index in [4.69, 9.17) is 0 Å². The van der Waals surface area contributed by atoms with Crippen LogP contribution < -0.4 is 4.90 Å². The van der Waals surface area contributed by atoms with Crippen molar-refractivity contribution >= 4 is 32.5 Å². The molecule has 2 rings (SSSR count). The molecule has 0 saturated heterocycles. The minimum atomic E-state index is 1.07. The van der Waals surface area contributed by atoms with Crippen LogP contribution in [0.2, 0.25) is 0 Å². The summed E-state index contributed by atoms with van der Waals surface area (Å²) in [7, 11) is 4.03. The van der Waals surface area contributed by atoms with Crippen LogP contribution >= 0.6 is 15.9 Å². The first-order valence-electron chi connectivity index (χ1n) is 3.98. The molecule has 0 unspecified atom stereocenters. The van der Waals surface area contributed by atoms with Crippen LogP contribution in [0.15, 0.2) is 22.8 Å². The van der Waals surface area contributed by atoms with Crippen molar-refractivity contribution in [2.45, 2.75) is 0 Å². The van der Waals surface area contributed by atoms with Gasteiger partial charge in [0.05, 0.1) is 17.4 Å². The molecule has 0 aliphatic carbocycles. The molecule has 1 heterocycles. The van der Waals surface area contributed by atoms with Crippen molar-refractivity contribution in [2.24, 2.45) is 0 Å². The third-order valence-corrected chi connectivity index (χ3v) is 2.43. The molecule has 0 aliphatic heterocycles. The van der Waals surface area contributed by atoms with Gasteiger partial charge in [-0.25, -0.2) is 0 Å². The van der Waals surface area contributed by atoms with E-state index >= 15 is 0 Å². The van der Waals surface area contributed by atoms with E-state index in [1.807, 2.05) is 26.4 Å². The minimum Gasteiger partial charge on any atom is -0.376 e. The number of hydrogen-bond acceptors (Lipinski definition) is 2. The monoisotopic (exact) mass is 239 g/mol. The molecule has 2 aromatic rings. The normalized spacial score (nSPS) is 10.7. The topological polar surface area (TPSA) is 31.9 Å². The Labute approximate surface area is 84.9 Å². The summed E-state index contributed by atoms with van der Waals surface area (Å²) in [5.74, 6) is 0. The Balaban J connectivity index is 2.77. The fraction of sp³-hybridized carbons (Fsp3) is 0.222. The second-order valence-corrected chi connectivity index (χ2v) is 4.07. The minimum absolute atomic E-state index is 1.07. The molecule has 3 nitrogen and oxygen atoms in total. The van der Waals surface area contributed by atoms with Gasteiger partial charge in [0.25, 0.3) is 0 Å². The lowest BCUT2D eigenvalue weighted by atomic mass is 10.2. The molecule has 1 aromatic heterocycles. The molecule has 0 bridgehead atoms. The van der Waals surface area contributed by atoms with Crippen LogP contribution in [0.25, 0.3) is 10.9 Å². The highest BCUT2D eigenvalue weighted by molar-refractivity contribution is 9.10. The number of nitrogens with one attached hydrogen (secondary N) is 1. The van der Waals surface area contributed by atoms with Gasteiger partial charge in [-0.3, -0.25) is 5.10 Å². The van der Waals surface area contributed by atoms with Crippen molar-refractivity contribution in [2.75, 3.05) is 19.0 Å². The van der Waals surface area contributed by atoms with Gasteiger partial charge in [-0.05, 0) is 12.1 Å². The lowest BCUT2D eigenvalue weighted by molar-refractivity contribution is 1.09. The van der Waals surface area contributed by atoms with Gasteiger partial charge in [0, 0.05) is 24.0 Å². The van der Waals surface area contributed by atoms with Crippen LogP contribution in [0.3, 0.4) is 0 Å². The summed E-state index contributed by atoms with van der Waals surface area (Å²) >= 11 is 3.47. The summed E-state index contributed by atoms with van der Waals surface area (Å²) in [6.45, 7) is 0. The van der Waals surface area contributed by atoms with Crippen LogP contribution in [0.1, 0.15) is 0 Å². The average Bonchev–Trinajstić information content (AvgIpc) is 2.49. The lowest BCUT2D eigenvalue weighted by Gasteiger charge is -2.13.